The molecule has 162 valence electrons. The van der Waals surface area contributed by atoms with E-state index in [1.54, 1.807) is 18.3 Å². The van der Waals surface area contributed by atoms with Crippen molar-refractivity contribution < 1.29 is 4.39 Å². The van der Waals surface area contributed by atoms with Crippen LogP contribution in [0.1, 0.15) is 31.4 Å². The summed E-state index contributed by atoms with van der Waals surface area (Å²) >= 11 is 0. The maximum absolute atomic E-state index is 13.3. The van der Waals surface area contributed by atoms with E-state index in [-0.39, 0.29) is 5.82 Å². The molecule has 1 unspecified atom stereocenters. The zero-order chi connectivity index (χ0) is 21.7. The van der Waals surface area contributed by atoms with Gasteiger partial charge in [0.05, 0.1) is 5.69 Å². The largest absolute Gasteiger partial charge is 0.354 e. The molecule has 2 N–H and O–H groups in total. The number of hydrogen-bond acceptors (Lipinski definition) is 4. The molecule has 4 rings (SSSR count). The van der Waals surface area contributed by atoms with Crippen molar-refractivity contribution in [1.82, 2.24) is 15.3 Å². The van der Waals surface area contributed by atoms with Crippen LogP contribution in [-0.2, 0) is 12.8 Å². The van der Waals surface area contributed by atoms with Gasteiger partial charge < -0.3 is 10.6 Å². The summed E-state index contributed by atoms with van der Waals surface area (Å²) in [4.78, 5) is 9.05. The Hall–Kier alpha value is -2.79. The molecule has 1 atom stereocenters. The Labute approximate surface area is 184 Å². The van der Waals surface area contributed by atoms with Crippen molar-refractivity contribution in [3.63, 3.8) is 0 Å². The second kappa shape index (κ2) is 9.56. The van der Waals surface area contributed by atoms with E-state index in [1.165, 1.54) is 18.1 Å². The number of nitrogens with zero attached hydrogens (tertiary/aromatic N) is 2. The fourth-order valence-corrected chi connectivity index (χ4v) is 4.36. The number of rotatable bonds is 7. The third-order valence-electron chi connectivity index (χ3n) is 6.30. The molecule has 0 amide bonds. The molecule has 31 heavy (non-hydrogen) atoms. The van der Waals surface area contributed by atoms with Crippen molar-refractivity contribution in [2.24, 2.45) is 11.3 Å². The highest BCUT2D eigenvalue weighted by molar-refractivity contribution is 5.61. The smallest absolute Gasteiger partial charge is 0.223 e. The number of benzene rings is 2. The van der Waals surface area contributed by atoms with Gasteiger partial charge in [0.15, 0.2) is 0 Å². The molecule has 1 aliphatic heterocycles. The molecular weight excluding hydrogens is 387 g/mol. The van der Waals surface area contributed by atoms with E-state index >= 15 is 0 Å². The minimum absolute atomic E-state index is 0.205. The predicted molar refractivity (Wildman–Crippen MR) is 125 cm³/mol. The maximum atomic E-state index is 13.3. The van der Waals surface area contributed by atoms with Gasteiger partial charge in [0.2, 0.25) is 5.95 Å². The minimum atomic E-state index is -0.205. The fraction of sp³-hybridized carbons (Fsp3) is 0.385. The minimum Gasteiger partial charge on any atom is -0.354 e. The third kappa shape index (κ3) is 5.67. The van der Waals surface area contributed by atoms with E-state index in [0.29, 0.717) is 30.2 Å². The van der Waals surface area contributed by atoms with E-state index in [0.717, 1.165) is 36.3 Å². The molecule has 2 aromatic carbocycles. The highest BCUT2D eigenvalue weighted by Gasteiger charge is 2.31. The monoisotopic (exact) mass is 418 g/mol. The van der Waals surface area contributed by atoms with E-state index in [4.69, 9.17) is 4.98 Å². The number of halogens is 1. The predicted octanol–water partition coefficient (Wildman–Crippen LogP) is 5.12. The Kier molecular flexibility index (Phi) is 6.62. The fourth-order valence-electron chi connectivity index (χ4n) is 4.36. The van der Waals surface area contributed by atoms with Gasteiger partial charge in [0.25, 0.3) is 0 Å². The van der Waals surface area contributed by atoms with Gasteiger partial charge >= 0.3 is 0 Å². The van der Waals surface area contributed by atoms with Crippen molar-refractivity contribution >= 4 is 5.95 Å². The van der Waals surface area contributed by atoms with E-state index in [1.807, 2.05) is 12.1 Å². The van der Waals surface area contributed by atoms with Crippen LogP contribution in [0.15, 0.2) is 60.8 Å². The van der Waals surface area contributed by atoms with E-state index < -0.39 is 0 Å². The first-order chi connectivity index (χ1) is 15.0. The molecule has 5 heteroatoms. The van der Waals surface area contributed by atoms with Gasteiger partial charge in [0.1, 0.15) is 5.82 Å². The van der Waals surface area contributed by atoms with E-state index in [9.17, 15) is 4.39 Å². The number of aromatic nitrogens is 2. The summed E-state index contributed by atoms with van der Waals surface area (Å²) < 4.78 is 13.3. The molecule has 0 aliphatic carbocycles. The number of anilines is 1. The Balaban J connectivity index is 1.42. The quantitative estimate of drug-likeness (QED) is 0.559. The highest BCUT2D eigenvalue weighted by Crippen LogP contribution is 2.34. The van der Waals surface area contributed by atoms with Crippen LogP contribution in [0, 0.1) is 17.2 Å². The SMILES string of the molecule is CC1(C)CNCCC1Cc1cccc(-c2ccnc(NCCc3cccc(F)c3)n2)c1. The van der Waals surface area contributed by atoms with Crippen LogP contribution in [-0.4, -0.2) is 29.6 Å². The first-order valence-electron chi connectivity index (χ1n) is 11.1. The summed E-state index contributed by atoms with van der Waals surface area (Å²) in [7, 11) is 0. The van der Waals surface area contributed by atoms with Gasteiger partial charge in [-0.2, -0.15) is 0 Å². The van der Waals surface area contributed by atoms with Gasteiger partial charge in [-0.05, 0) is 72.5 Å². The van der Waals surface area contributed by atoms with Crippen LogP contribution < -0.4 is 10.6 Å². The molecule has 0 bridgehead atoms. The average Bonchev–Trinajstić information content (AvgIpc) is 2.76. The number of piperidine rings is 1. The van der Waals surface area contributed by atoms with Crippen LogP contribution >= 0.6 is 0 Å². The maximum Gasteiger partial charge on any atom is 0.223 e. The van der Waals surface area contributed by atoms with Crippen molar-refractivity contribution in [3.8, 4) is 11.3 Å². The first kappa shape index (κ1) is 21.4. The van der Waals surface area contributed by atoms with Crippen LogP contribution in [0.2, 0.25) is 0 Å². The molecule has 0 radical (unpaired) electrons. The van der Waals surface area contributed by atoms with Gasteiger partial charge in [-0.1, -0.05) is 44.2 Å². The van der Waals surface area contributed by atoms with Crippen molar-refractivity contribution in [3.05, 3.63) is 77.7 Å². The lowest BCUT2D eigenvalue weighted by molar-refractivity contribution is 0.155. The Morgan fingerprint density at radius 3 is 2.77 bits per heavy atom. The topological polar surface area (TPSA) is 49.8 Å². The molecule has 0 spiro atoms. The lowest BCUT2D eigenvalue weighted by atomic mass is 9.72. The average molecular weight is 419 g/mol. The first-order valence-corrected chi connectivity index (χ1v) is 11.1. The molecule has 2 heterocycles. The molecule has 3 aromatic rings. The Morgan fingerprint density at radius 1 is 1.10 bits per heavy atom. The number of nitrogens with one attached hydrogen (secondary N) is 2. The summed E-state index contributed by atoms with van der Waals surface area (Å²) in [6, 6.07) is 17.4. The highest BCUT2D eigenvalue weighted by atomic mass is 19.1. The van der Waals surface area contributed by atoms with Crippen LogP contribution in [0.25, 0.3) is 11.3 Å². The summed E-state index contributed by atoms with van der Waals surface area (Å²) in [5, 5.41) is 6.78. The molecule has 4 nitrogen and oxygen atoms in total. The summed E-state index contributed by atoms with van der Waals surface area (Å²) in [6.45, 7) is 7.55. The van der Waals surface area contributed by atoms with Crippen LogP contribution in [0.4, 0.5) is 10.3 Å². The third-order valence-corrected chi connectivity index (χ3v) is 6.30. The van der Waals surface area contributed by atoms with Crippen molar-refractivity contribution in [2.45, 2.75) is 33.1 Å². The molecular formula is C26H31FN4. The molecule has 1 fully saturated rings. The lowest BCUT2D eigenvalue weighted by Crippen LogP contribution is -2.43. The molecule has 1 aliphatic rings. The van der Waals surface area contributed by atoms with Crippen LogP contribution in [0.3, 0.4) is 0 Å². The van der Waals surface area contributed by atoms with Crippen LogP contribution in [0.5, 0.6) is 0 Å². The molecule has 1 saturated heterocycles. The standard InChI is InChI=1S/C26H31FN4/c1-26(2)18-28-12-10-22(26)16-20-6-3-7-21(15-20)24-11-14-30-25(31-24)29-13-9-19-5-4-8-23(27)17-19/h3-8,11,14-15,17,22,28H,9-10,12-13,16,18H2,1-2H3,(H,29,30,31). The van der Waals surface area contributed by atoms with Crippen molar-refractivity contribution in [1.29, 1.82) is 0 Å². The normalized spacial score (nSPS) is 18.0. The summed E-state index contributed by atoms with van der Waals surface area (Å²) in [5.41, 5.74) is 4.64. The number of hydrogen-bond donors (Lipinski definition) is 2. The molecule has 0 saturated carbocycles. The van der Waals surface area contributed by atoms with Crippen molar-refractivity contribution in [2.75, 3.05) is 25.0 Å². The zero-order valence-electron chi connectivity index (χ0n) is 18.4. The second-order valence-electron chi connectivity index (χ2n) is 9.13. The Morgan fingerprint density at radius 2 is 1.94 bits per heavy atom. The van der Waals surface area contributed by atoms with Gasteiger partial charge in [-0.3, -0.25) is 0 Å². The van der Waals surface area contributed by atoms with Gasteiger partial charge in [0, 0.05) is 24.8 Å². The molecule has 1 aromatic heterocycles. The summed E-state index contributed by atoms with van der Waals surface area (Å²) in [6.07, 6.45) is 4.80. The zero-order valence-corrected chi connectivity index (χ0v) is 18.4. The van der Waals surface area contributed by atoms with E-state index in [2.05, 4.69) is 53.7 Å². The van der Waals surface area contributed by atoms with Gasteiger partial charge in [-0.25, -0.2) is 14.4 Å². The summed E-state index contributed by atoms with van der Waals surface area (Å²) in [5.74, 6) is 1.07. The van der Waals surface area contributed by atoms with Gasteiger partial charge in [-0.15, -0.1) is 0 Å². The lowest BCUT2D eigenvalue weighted by Gasteiger charge is -2.39. The second-order valence-corrected chi connectivity index (χ2v) is 9.13. The Bertz CT molecular complexity index is 1020.